The summed E-state index contributed by atoms with van der Waals surface area (Å²) in [4.78, 5) is 36.8. The van der Waals surface area contributed by atoms with E-state index in [1.807, 2.05) is 25.1 Å². The molecule has 0 spiro atoms. The Morgan fingerprint density at radius 3 is 2.43 bits per heavy atom. The van der Waals surface area contributed by atoms with Crippen LogP contribution in [0.5, 0.6) is 11.5 Å². The number of ether oxygens (including phenoxy) is 5. The van der Waals surface area contributed by atoms with Crippen LogP contribution in [0.1, 0.15) is 46.1 Å². The molecular weight excluding hydrogens is 394 g/mol. The molecule has 1 heterocycles. The number of likely N-dealkylation sites (N-methyl/N-ethyl adjacent to an activating group) is 1. The number of benzene rings is 1. The number of rotatable bonds is 8. The fourth-order valence-electron chi connectivity index (χ4n) is 2.64. The zero-order valence-corrected chi connectivity index (χ0v) is 18.1. The Kier molecular flexibility index (Phi) is 7.91. The molecule has 0 bridgehead atoms. The molecule has 1 aliphatic heterocycles. The van der Waals surface area contributed by atoms with E-state index < -0.39 is 30.4 Å². The third-order valence-electron chi connectivity index (χ3n) is 4.27. The molecule has 9 heteroatoms. The molecule has 30 heavy (non-hydrogen) atoms. The molecule has 1 aromatic rings. The first-order valence-electron chi connectivity index (χ1n) is 9.71. The average molecular weight is 423 g/mol. The van der Waals surface area contributed by atoms with E-state index in [4.69, 9.17) is 23.7 Å². The molecule has 2 rings (SSSR count). The maximum absolute atomic E-state index is 12.2. The molecule has 1 atom stereocenters. The van der Waals surface area contributed by atoms with Crippen LogP contribution in [0.25, 0.3) is 0 Å². The maximum atomic E-state index is 12.2. The fourth-order valence-corrected chi connectivity index (χ4v) is 2.64. The highest BCUT2D eigenvalue weighted by Crippen LogP contribution is 2.32. The summed E-state index contributed by atoms with van der Waals surface area (Å²) in [5.41, 5.74) is 0.373. The zero-order valence-electron chi connectivity index (χ0n) is 18.1. The number of esters is 2. The second-order valence-electron chi connectivity index (χ2n) is 7.98. The molecular formula is C21H29NO8. The summed E-state index contributed by atoms with van der Waals surface area (Å²) in [6.45, 7) is 6.79. The molecule has 0 N–H and O–H groups in total. The molecule has 1 unspecified atom stereocenters. The zero-order chi connectivity index (χ0) is 22.3. The summed E-state index contributed by atoms with van der Waals surface area (Å²) in [6.07, 6.45) is -0.291. The maximum Gasteiger partial charge on any atom is 0.412 e. The largest absolute Gasteiger partial charge is 0.460 e. The Morgan fingerprint density at radius 2 is 1.73 bits per heavy atom. The second-order valence-corrected chi connectivity index (χ2v) is 7.98. The van der Waals surface area contributed by atoms with Crippen molar-refractivity contribution in [2.75, 3.05) is 20.6 Å². The van der Waals surface area contributed by atoms with Crippen LogP contribution in [-0.4, -0.2) is 55.2 Å². The number of nitrogens with zero attached hydrogens (tertiary/aromatic N) is 1. The molecule has 0 radical (unpaired) electrons. The highest BCUT2D eigenvalue weighted by Gasteiger charge is 2.21. The minimum Gasteiger partial charge on any atom is -0.460 e. The first-order valence-corrected chi connectivity index (χ1v) is 9.71. The summed E-state index contributed by atoms with van der Waals surface area (Å²) in [7, 11) is 1.60. The van der Waals surface area contributed by atoms with Crippen molar-refractivity contribution in [3.05, 3.63) is 23.8 Å². The van der Waals surface area contributed by atoms with Crippen molar-refractivity contribution in [3.63, 3.8) is 0 Å². The van der Waals surface area contributed by atoms with Gasteiger partial charge in [-0.3, -0.25) is 9.59 Å². The highest BCUT2D eigenvalue weighted by atomic mass is 16.7. The molecule has 1 aliphatic rings. The smallest absolute Gasteiger partial charge is 0.412 e. The van der Waals surface area contributed by atoms with E-state index in [0.29, 0.717) is 17.9 Å². The Balaban J connectivity index is 1.68. The summed E-state index contributed by atoms with van der Waals surface area (Å²) in [5.74, 6) is 0.245. The molecule has 0 aliphatic carbocycles. The van der Waals surface area contributed by atoms with Gasteiger partial charge in [-0.15, -0.1) is 0 Å². The van der Waals surface area contributed by atoms with Gasteiger partial charge in [0.2, 0.25) is 13.6 Å². The number of carbonyl (C=O) groups is 3. The number of hydrogen-bond donors (Lipinski definition) is 0. The van der Waals surface area contributed by atoms with Crippen molar-refractivity contribution in [3.8, 4) is 11.5 Å². The van der Waals surface area contributed by atoms with E-state index in [-0.39, 0.29) is 25.7 Å². The summed E-state index contributed by atoms with van der Waals surface area (Å²) in [6, 6.07) is 5.46. The molecule has 9 nitrogen and oxygen atoms in total. The molecule has 0 fully saturated rings. The lowest BCUT2D eigenvalue weighted by Crippen LogP contribution is -2.37. The molecule has 0 saturated heterocycles. The Bertz CT molecular complexity index is 771. The number of carbonyl (C=O) groups excluding carboxylic acids is 3. The van der Waals surface area contributed by atoms with Gasteiger partial charge in [0.1, 0.15) is 5.60 Å². The van der Waals surface area contributed by atoms with Crippen LogP contribution in [-0.2, 0) is 30.2 Å². The Labute approximate surface area is 176 Å². The Morgan fingerprint density at radius 1 is 1.07 bits per heavy atom. The van der Waals surface area contributed by atoms with Crippen LogP contribution in [0.3, 0.4) is 0 Å². The third-order valence-corrected chi connectivity index (χ3v) is 4.27. The van der Waals surface area contributed by atoms with E-state index in [2.05, 4.69) is 0 Å². The molecule has 1 amide bonds. The van der Waals surface area contributed by atoms with Gasteiger partial charge in [0.25, 0.3) is 0 Å². The van der Waals surface area contributed by atoms with Gasteiger partial charge < -0.3 is 28.6 Å². The van der Waals surface area contributed by atoms with Crippen LogP contribution >= 0.6 is 0 Å². The minimum atomic E-state index is -0.648. The second kappa shape index (κ2) is 10.2. The van der Waals surface area contributed by atoms with Gasteiger partial charge in [-0.05, 0) is 51.8 Å². The van der Waals surface area contributed by atoms with E-state index in [0.717, 1.165) is 5.56 Å². The Hall–Kier alpha value is -2.97. The van der Waals surface area contributed by atoms with Crippen LogP contribution in [0.4, 0.5) is 4.79 Å². The quantitative estimate of drug-likeness (QED) is 0.465. The van der Waals surface area contributed by atoms with Gasteiger partial charge in [-0.1, -0.05) is 6.07 Å². The highest BCUT2D eigenvalue weighted by molar-refractivity contribution is 5.78. The topological polar surface area (TPSA) is 101 Å². The third kappa shape index (κ3) is 7.46. The molecule has 0 aromatic heterocycles. The standard InChI is InChI=1S/C21H29NO8/c1-14(10-15-6-7-16-17(11-15)27-12-26-16)22(5)20(25)29-13-28-18(23)8-9-19(24)30-21(2,3)4/h6-7,11,14H,8-10,12-13H2,1-5H3. The average Bonchev–Trinajstić information content (AvgIpc) is 3.12. The van der Waals surface area contributed by atoms with E-state index in [9.17, 15) is 14.4 Å². The number of amides is 1. The lowest BCUT2D eigenvalue weighted by molar-refractivity contribution is -0.161. The first kappa shape index (κ1) is 23.3. The monoisotopic (exact) mass is 423 g/mol. The van der Waals surface area contributed by atoms with Gasteiger partial charge >= 0.3 is 18.0 Å². The molecule has 0 saturated carbocycles. The van der Waals surface area contributed by atoms with E-state index in [1.54, 1.807) is 27.8 Å². The van der Waals surface area contributed by atoms with Gasteiger partial charge in [-0.25, -0.2) is 4.79 Å². The SMILES string of the molecule is CC(Cc1ccc2c(c1)OCO2)N(C)C(=O)OCOC(=O)CCC(=O)OC(C)(C)C. The van der Waals surface area contributed by atoms with E-state index >= 15 is 0 Å². The van der Waals surface area contributed by atoms with Crippen molar-refractivity contribution in [2.45, 2.75) is 58.6 Å². The first-order chi connectivity index (χ1) is 14.0. The molecule has 166 valence electrons. The predicted molar refractivity (Wildman–Crippen MR) is 106 cm³/mol. The van der Waals surface area contributed by atoms with Crippen LogP contribution < -0.4 is 9.47 Å². The lowest BCUT2D eigenvalue weighted by atomic mass is 10.1. The van der Waals surface area contributed by atoms with Crippen molar-refractivity contribution < 1.29 is 38.1 Å². The molecule has 1 aromatic carbocycles. The number of hydrogen-bond acceptors (Lipinski definition) is 8. The summed E-state index contributed by atoms with van der Waals surface area (Å²) in [5, 5.41) is 0. The van der Waals surface area contributed by atoms with Crippen molar-refractivity contribution in [2.24, 2.45) is 0 Å². The van der Waals surface area contributed by atoms with Crippen molar-refractivity contribution in [1.29, 1.82) is 0 Å². The summed E-state index contributed by atoms with van der Waals surface area (Å²) >= 11 is 0. The summed E-state index contributed by atoms with van der Waals surface area (Å²) < 4.78 is 25.6. The van der Waals surface area contributed by atoms with Gasteiger partial charge in [-0.2, -0.15) is 0 Å². The van der Waals surface area contributed by atoms with Crippen LogP contribution in [0, 0.1) is 0 Å². The van der Waals surface area contributed by atoms with Gasteiger partial charge in [0, 0.05) is 13.1 Å². The predicted octanol–water partition coefficient (Wildman–Crippen LogP) is 3.04. The van der Waals surface area contributed by atoms with Crippen molar-refractivity contribution >= 4 is 18.0 Å². The lowest BCUT2D eigenvalue weighted by Gasteiger charge is -2.24. The van der Waals surface area contributed by atoms with Crippen molar-refractivity contribution in [1.82, 2.24) is 4.90 Å². The fraction of sp³-hybridized carbons (Fsp3) is 0.571. The van der Waals surface area contributed by atoms with Crippen LogP contribution in [0.2, 0.25) is 0 Å². The minimum absolute atomic E-state index is 0.101. The van der Waals surface area contributed by atoms with Crippen LogP contribution in [0.15, 0.2) is 18.2 Å². The normalized spacial score (nSPS) is 13.4. The van der Waals surface area contributed by atoms with Gasteiger partial charge in [0.05, 0.1) is 12.8 Å². The van der Waals surface area contributed by atoms with E-state index in [1.165, 1.54) is 4.90 Å². The number of fused-ring (bicyclic) bond motifs is 1. The van der Waals surface area contributed by atoms with Gasteiger partial charge in [0.15, 0.2) is 11.5 Å².